The Balaban J connectivity index is -0.000000480. The summed E-state index contributed by atoms with van der Waals surface area (Å²) >= 11 is 0. The molecule has 0 aliphatic carbocycles. The van der Waals surface area contributed by atoms with Crippen molar-refractivity contribution in [3.05, 3.63) is 29.3 Å². The van der Waals surface area contributed by atoms with Crippen LogP contribution in [0.5, 0.6) is 0 Å². The van der Waals surface area contributed by atoms with Crippen LogP contribution < -0.4 is 24.8 Å². The molecule has 0 aliphatic rings. The minimum Gasteiger partial charge on any atom is -1.00 e. The Bertz CT molecular complexity index is 244. The molecule has 1 aromatic rings. The standard InChI is InChI=1S/C12H19.2ClH.Zr/c1-5-10(4)12-7-6-11(8-12)9(2)3;;;/h6-10H,5H2,1-4H3;2*1H;/q-1;;;+3/p-2. The van der Waals surface area contributed by atoms with E-state index < -0.39 is 0 Å². The van der Waals surface area contributed by atoms with Gasteiger partial charge >= 0.3 is 26.2 Å². The molecule has 0 bridgehead atoms. The smallest absolute Gasteiger partial charge is 1.00 e. The maximum absolute atomic E-state index is 2.35. The van der Waals surface area contributed by atoms with Crippen LogP contribution in [0.4, 0.5) is 0 Å². The molecule has 3 heteroatoms. The van der Waals surface area contributed by atoms with E-state index in [-0.39, 0.29) is 51.0 Å². The second kappa shape index (κ2) is 10.00. The van der Waals surface area contributed by atoms with E-state index in [1.807, 2.05) is 0 Å². The SMILES string of the molecule is CCC(C)c1c[cH-]c(C(C)C)c1.[Cl-].[Cl-].[Zr+3]. The monoisotopic (exact) mass is 323 g/mol. The van der Waals surface area contributed by atoms with Gasteiger partial charge in [0.1, 0.15) is 0 Å². The molecule has 0 nitrogen and oxygen atoms in total. The Hall–Kier alpha value is 0.813. The van der Waals surface area contributed by atoms with Gasteiger partial charge in [-0.05, 0) is 5.92 Å². The van der Waals surface area contributed by atoms with Crippen molar-refractivity contribution in [1.82, 2.24) is 0 Å². The van der Waals surface area contributed by atoms with E-state index >= 15 is 0 Å². The summed E-state index contributed by atoms with van der Waals surface area (Å²) in [7, 11) is 0. The van der Waals surface area contributed by atoms with E-state index in [1.165, 1.54) is 17.5 Å². The molecule has 1 aromatic carbocycles. The molecule has 0 aliphatic heterocycles. The fraction of sp³-hybridized carbons (Fsp3) is 0.583. The summed E-state index contributed by atoms with van der Waals surface area (Å²) in [5.41, 5.74) is 2.98. The first kappa shape index (κ1) is 21.1. The van der Waals surface area contributed by atoms with Gasteiger partial charge < -0.3 is 24.8 Å². The Morgan fingerprint density at radius 1 is 1.20 bits per heavy atom. The van der Waals surface area contributed by atoms with Crippen LogP contribution in [0.15, 0.2) is 18.2 Å². The van der Waals surface area contributed by atoms with Crippen molar-refractivity contribution in [2.45, 2.75) is 46.0 Å². The fourth-order valence-electron chi connectivity index (χ4n) is 1.38. The Labute approximate surface area is 126 Å². The molecule has 1 rings (SSSR count). The average Bonchev–Trinajstić information content (AvgIpc) is 2.51. The molecule has 1 radical (unpaired) electrons. The van der Waals surface area contributed by atoms with Gasteiger partial charge in [-0.2, -0.15) is 23.3 Å². The molecule has 15 heavy (non-hydrogen) atoms. The van der Waals surface area contributed by atoms with Crippen LogP contribution in [0.3, 0.4) is 0 Å². The third-order valence-electron chi connectivity index (χ3n) is 2.65. The molecule has 0 heterocycles. The minimum absolute atomic E-state index is 0. The molecular weight excluding hydrogens is 306 g/mol. The van der Waals surface area contributed by atoms with Gasteiger partial charge in [-0.25, -0.2) is 6.07 Å². The van der Waals surface area contributed by atoms with Crippen molar-refractivity contribution in [3.63, 3.8) is 0 Å². The number of hydrogen-bond donors (Lipinski definition) is 0. The second-order valence-corrected chi connectivity index (χ2v) is 3.94. The van der Waals surface area contributed by atoms with E-state index in [0.717, 1.165) is 5.92 Å². The topological polar surface area (TPSA) is 0 Å². The summed E-state index contributed by atoms with van der Waals surface area (Å²) in [4.78, 5) is 0. The number of halogens is 2. The van der Waals surface area contributed by atoms with E-state index in [2.05, 4.69) is 45.9 Å². The van der Waals surface area contributed by atoms with Crippen LogP contribution in [-0.4, -0.2) is 0 Å². The van der Waals surface area contributed by atoms with E-state index in [4.69, 9.17) is 0 Å². The first-order chi connectivity index (χ1) is 5.65. The van der Waals surface area contributed by atoms with Crippen molar-refractivity contribution in [1.29, 1.82) is 0 Å². The molecular formula is C12H19Cl2Zr. The predicted molar refractivity (Wildman–Crippen MR) is 54.8 cm³/mol. The first-order valence-electron chi connectivity index (χ1n) is 4.91. The summed E-state index contributed by atoms with van der Waals surface area (Å²) in [5.74, 6) is 1.39. The van der Waals surface area contributed by atoms with Gasteiger partial charge in [-0.3, -0.25) is 0 Å². The molecule has 0 saturated heterocycles. The van der Waals surface area contributed by atoms with Crippen LogP contribution >= 0.6 is 0 Å². The number of hydrogen-bond acceptors (Lipinski definition) is 0. The average molecular weight is 325 g/mol. The summed E-state index contributed by atoms with van der Waals surface area (Å²) in [6.45, 7) is 9.03. The van der Waals surface area contributed by atoms with Gasteiger partial charge in [0.2, 0.25) is 0 Å². The fourth-order valence-corrected chi connectivity index (χ4v) is 1.38. The summed E-state index contributed by atoms with van der Waals surface area (Å²) < 4.78 is 0. The van der Waals surface area contributed by atoms with Gasteiger partial charge in [-0.1, -0.05) is 40.0 Å². The molecule has 1 unspecified atom stereocenters. The van der Waals surface area contributed by atoms with Gasteiger partial charge in [0.05, 0.1) is 0 Å². The van der Waals surface area contributed by atoms with Crippen molar-refractivity contribution >= 4 is 0 Å². The largest absolute Gasteiger partial charge is 3.00 e. The van der Waals surface area contributed by atoms with Crippen molar-refractivity contribution in [2.75, 3.05) is 0 Å². The van der Waals surface area contributed by atoms with Gasteiger partial charge in [-0.15, -0.1) is 0 Å². The van der Waals surface area contributed by atoms with E-state index in [1.54, 1.807) is 0 Å². The van der Waals surface area contributed by atoms with E-state index in [9.17, 15) is 0 Å². The molecule has 0 amide bonds. The molecule has 1 atom stereocenters. The first-order valence-corrected chi connectivity index (χ1v) is 4.91. The van der Waals surface area contributed by atoms with Crippen LogP contribution in [0.2, 0.25) is 0 Å². The Morgan fingerprint density at radius 2 is 1.73 bits per heavy atom. The van der Waals surface area contributed by atoms with Gasteiger partial charge in [0, 0.05) is 0 Å². The van der Waals surface area contributed by atoms with Gasteiger partial charge in [0.15, 0.2) is 0 Å². The molecule has 0 aromatic heterocycles. The van der Waals surface area contributed by atoms with Crippen molar-refractivity contribution < 1.29 is 51.0 Å². The molecule has 0 saturated carbocycles. The third kappa shape index (κ3) is 6.20. The zero-order chi connectivity index (χ0) is 9.14. The summed E-state index contributed by atoms with van der Waals surface area (Å²) in [6.07, 6.45) is 1.24. The maximum atomic E-state index is 2.35. The van der Waals surface area contributed by atoms with Crippen molar-refractivity contribution in [3.8, 4) is 0 Å². The van der Waals surface area contributed by atoms with Crippen LogP contribution in [-0.2, 0) is 26.2 Å². The van der Waals surface area contributed by atoms with Crippen LogP contribution in [0.1, 0.15) is 57.1 Å². The summed E-state index contributed by atoms with van der Waals surface area (Å²) in [5, 5.41) is 0. The zero-order valence-electron chi connectivity index (χ0n) is 9.85. The molecule has 0 N–H and O–H groups in total. The predicted octanol–water partition coefficient (Wildman–Crippen LogP) is -1.95. The quantitative estimate of drug-likeness (QED) is 0.567. The third-order valence-corrected chi connectivity index (χ3v) is 2.65. The molecule has 85 valence electrons. The summed E-state index contributed by atoms with van der Waals surface area (Å²) in [6, 6.07) is 6.87. The maximum Gasteiger partial charge on any atom is 3.00 e. The van der Waals surface area contributed by atoms with Crippen molar-refractivity contribution in [2.24, 2.45) is 0 Å². The zero-order valence-corrected chi connectivity index (χ0v) is 13.8. The second-order valence-electron chi connectivity index (χ2n) is 3.94. The van der Waals surface area contributed by atoms with Crippen LogP contribution in [0.25, 0.3) is 0 Å². The Kier molecular flexibility index (Phi) is 14.1. The van der Waals surface area contributed by atoms with E-state index in [0.29, 0.717) is 5.92 Å². The van der Waals surface area contributed by atoms with Gasteiger partial charge in [0.25, 0.3) is 0 Å². The Morgan fingerprint density at radius 3 is 2.07 bits per heavy atom. The van der Waals surface area contributed by atoms with Crippen LogP contribution in [0, 0.1) is 0 Å². The minimum atomic E-state index is 0. The normalized spacial score (nSPS) is 11.0. The molecule has 0 fully saturated rings. The number of rotatable bonds is 3. The molecule has 0 spiro atoms.